The summed E-state index contributed by atoms with van der Waals surface area (Å²) in [6.45, 7) is 7.32. The standard InChI is InChI=1S/C22H27N5O2S/c1-4-21-25-26-22(30-21)24-20-7-5-6-17(23-20)19-14-27(10-11-29-19)13-16-9-8-15(2)12-18(16)28-3/h5-9,12,19H,4,10-11,13-14H2,1-3H3,(H,23,24,26)/t19-/m0/s1. The molecular weight excluding hydrogens is 398 g/mol. The molecule has 0 aliphatic carbocycles. The highest BCUT2D eigenvalue weighted by Crippen LogP contribution is 2.27. The van der Waals surface area contributed by atoms with Crippen LogP contribution in [0.5, 0.6) is 5.75 Å². The van der Waals surface area contributed by atoms with Crippen molar-refractivity contribution in [2.45, 2.75) is 32.9 Å². The van der Waals surface area contributed by atoms with E-state index in [1.165, 1.54) is 11.1 Å². The van der Waals surface area contributed by atoms with Crippen LogP contribution < -0.4 is 10.1 Å². The molecule has 1 aromatic carbocycles. The predicted octanol–water partition coefficient (Wildman–Crippen LogP) is 4.13. The topological polar surface area (TPSA) is 72.4 Å². The first-order valence-electron chi connectivity index (χ1n) is 10.2. The predicted molar refractivity (Wildman–Crippen MR) is 119 cm³/mol. The second kappa shape index (κ2) is 9.51. The maximum absolute atomic E-state index is 6.05. The monoisotopic (exact) mass is 425 g/mol. The van der Waals surface area contributed by atoms with Crippen LogP contribution in [0, 0.1) is 6.92 Å². The Bertz CT molecular complexity index is 993. The first-order chi connectivity index (χ1) is 14.6. The molecule has 3 heterocycles. The van der Waals surface area contributed by atoms with Gasteiger partial charge in [0, 0.05) is 25.2 Å². The number of aromatic nitrogens is 3. The lowest BCUT2D eigenvalue weighted by atomic mass is 10.1. The molecule has 1 aliphatic rings. The van der Waals surface area contributed by atoms with Crippen molar-refractivity contribution in [2.75, 3.05) is 32.1 Å². The molecule has 1 saturated heterocycles. The number of pyridine rings is 1. The SMILES string of the molecule is CCc1nnc(Nc2cccc([C@@H]3CN(Cc4ccc(C)cc4OC)CCO3)n2)s1. The summed E-state index contributed by atoms with van der Waals surface area (Å²) in [5.41, 5.74) is 3.31. The molecule has 8 heteroatoms. The molecule has 2 aromatic heterocycles. The number of rotatable bonds is 7. The average molecular weight is 426 g/mol. The summed E-state index contributed by atoms with van der Waals surface area (Å²) in [6, 6.07) is 12.3. The molecular formula is C22H27N5O2S. The van der Waals surface area contributed by atoms with Gasteiger partial charge in [-0.3, -0.25) is 4.90 Å². The van der Waals surface area contributed by atoms with E-state index >= 15 is 0 Å². The van der Waals surface area contributed by atoms with Gasteiger partial charge in [0.25, 0.3) is 0 Å². The highest BCUT2D eigenvalue weighted by molar-refractivity contribution is 7.15. The van der Waals surface area contributed by atoms with Crippen molar-refractivity contribution in [3.05, 3.63) is 58.2 Å². The Hall–Kier alpha value is -2.55. The fourth-order valence-corrected chi connectivity index (χ4v) is 4.19. The molecule has 7 nitrogen and oxygen atoms in total. The molecule has 1 N–H and O–H groups in total. The van der Waals surface area contributed by atoms with Crippen molar-refractivity contribution >= 4 is 22.3 Å². The van der Waals surface area contributed by atoms with Crippen LogP contribution in [0.2, 0.25) is 0 Å². The number of hydrogen-bond acceptors (Lipinski definition) is 8. The maximum Gasteiger partial charge on any atom is 0.211 e. The van der Waals surface area contributed by atoms with Gasteiger partial charge in [0.1, 0.15) is 22.7 Å². The van der Waals surface area contributed by atoms with E-state index in [9.17, 15) is 0 Å². The number of methoxy groups -OCH3 is 1. The van der Waals surface area contributed by atoms with E-state index < -0.39 is 0 Å². The van der Waals surface area contributed by atoms with Crippen molar-refractivity contribution in [2.24, 2.45) is 0 Å². The minimum atomic E-state index is -0.0717. The van der Waals surface area contributed by atoms with Gasteiger partial charge in [-0.1, -0.05) is 36.5 Å². The third-order valence-corrected chi connectivity index (χ3v) is 6.07. The van der Waals surface area contributed by atoms with Crippen LogP contribution in [0.4, 0.5) is 10.9 Å². The van der Waals surface area contributed by atoms with Crippen molar-refractivity contribution in [1.29, 1.82) is 0 Å². The van der Waals surface area contributed by atoms with Crippen LogP contribution in [0.15, 0.2) is 36.4 Å². The normalized spacial score (nSPS) is 17.1. The van der Waals surface area contributed by atoms with Gasteiger partial charge in [0.05, 0.1) is 19.4 Å². The van der Waals surface area contributed by atoms with Crippen molar-refractivity contribution in [3.8, 4) is 5.75 Å². The van der Waals surface area contributed by atoms with Gasteiger partial charge >= 0.3 is 0 Å². The zero-order chi connectivity index (χ0) is 20.9. The molecule has 30 heavy (non-hydrogen) atoms. The molecule has 1 aliphatic heterocycles. The van der Waals surface area contributed by atoms with Crippen molar-refractivity contribution in [1.82, 2.24) is 20.1 Å². The van der Waals surface area contributed by atoms with E-state index in [0.29, 0.717) is 6.61 Å². The molecule has 3 aromatic rings. The van der Waals surface area contributed by atoms with Crippen LogP contribution in [0.3, 0.4) is 0 Å². The smallest absolute Gasteiger partial charge is 0.211 e. The Balaban J connectivity index is 1.44. The maximum atomic E-state index is 6.05. The summed E-state index contributed by atoms with van der Waals surface area (Å²) in [6.07, 6.45) is 0.808. The zero-order valence-electron chi connectivity index (χ0n) is 17.6. The Morgan fingerprint density at radius 1 is 1.27 bits per heavy atom. The summed E-state index contributed by atoms with van der Waals surface area (Å²) in [4.78, 5) is 7.16. The second-order valence-electron chi connectivity index (χ2n) is 7.34. The fourth-order valence-electron chi connectivity index (χ4n) is 3.51. The largest absolute Gasteiger partial charge is 0.496 e. The van der Waals surface area contributed by atoms with Gasteiger partial charge in [-0.15, -0.1) is 10.2 Å². The van der Waals surface area contributed by atoms with Crippen LogP contribution in [-0.4, -0.2) is 46.9 Å². The molecule has 1 atom stereocenters. The highest BCUT2D eigenvalue weighted by atomic mass is 32.1. The molecule has 4 rings (SSSR count). The lowest BCUT2D eigenvalue weighted by molar-refractivity contribution is -0.0350. The third-order valence-electron chi connectivity index (χ3n) is 5.09. The number of morpholine rings is 1. The summed E-state index contributed by atoms with van der Waals surface area (Å²) < 4.78 is 11.6. The van der Waals surface area contributed by atoms with Gasteiger partial charge in [0.15, 0.2) is 0 Å². The summed E-state index contributed by atoms with van der Waals surface area (Å²) >= 11 is 1.55. The number of benzene rings is 1. The van der Waals surface area contributed by atoms with Crippen LogP contribution >= 0.6 is 11.3 Å². The van der Waals surface area contributed by atoms with Crippen LogP contribution in [0.1, 0.15) is 34.9 Å². The Labute approximate surface area is 181 Å². The average Bonchev–Trinajstić information content (AvgIpc) is 3.23. The number of anilines is 2. The van der Waals surface area contributed by atoms with E-state index in [-0.39, 0.29) is 6.10 Å². The second-order valence-corrected chi connectivity index (χ2v) is 8.40. The first kappa shape index (κ1) is 20.7. The highest BCUT2D eigenvalue weighted by Gasteiger charge is 2.24. The Kier molecular flexibility index (Phi) is 6.56. The van der Waals surface area contributed by atoms with E-state index in [0.717, 1.165) is 53.5 Å². The Morgan fingerprint density at radius 3 is 2.97 bits per heavy atom. The van der Waals surface area contributed by atoms with Crippen LogP contribution in [0.25, 0.3) is 0 Å². The summed E-state index contributed by atoms with van der Waals surface area (Å²) in [7, 11) is 1.73. The molecule has 0 radical (unpaired) electrons. The molecule has 0 bridgehead atoms. The molecule has 0 saturated carbocycles. The molecule has 158 valence electrons. The minimum absolute atomic E-state index is 0.0717. The van der Waals surface area contributed by atoms with Gasteiger partial charge in [-0.05, 0) is 37.1 Å². The zero-order valence-corrected chi connectivity index (χ0v) is 18.4. The Morgan fingerprint density at radius 2 is 2.17 bits per heavy atom. The first-order valence-corrected chi connectivity index (χ1v) is 11.0. The summed E-state index contributed by atoms with van der Waals surface area (Å²) in [5.74, 6) is 1.69. The number of aryl methyl sites for hydroxylation is 2. The molecule has 1 fully saturated rings. The fraction of sp³-hybridized carbons (Fsp3) is 0.409. The van der Waals surface area contributed by atoms with Crippen LogP contribution in [-0.2, 0) is 17.7 Å². The molecule has 0 unspecified atom stereocenters. The van der Waals surface area contributed by atoms with E-state index in [1.54, 1.807) is 18.4 Å². The lowest BCUT2D eigenvalue weighted by Crippen LogP contribution is -2.38. The number of ether oxygens (including phenoxy) is 2. The number of nitrogens with zero attached hydrogens (tertiary/aromatic N) is 4. The minimum Gasteiger partial charge on any atom is -0.496 e. The third kappa shape index (κ3) is 4.95. The quantitative estimate of drug-likeness (QED) is 0.610. The van der Waals surface area contributed by atoms with Crippen molar-refractivity contribution < 1.29 is 9.47 Å². The number of hydrogen-bond donors (Lipinski definition) is 1. The molecule has 0 spiro atoms. The van der Waals surface area contributed by atoms with Gasteiger partial charge in [-0.2, -0.15) is 0 Å². The number of nitrogens with one attached hydrogen (secondary N) is 1. The van der Waals surface area contributed by atoms with Gasteiger partial charge < -0.3 is 14.8 Å². The van der Waals surface area contributed by atoms with E-state index in [2.05, 4.69) is 52.5 Å². The molecule has 0 amide bonds. The van der Waals surface area contributed by atoms with Crippen molar-refractivity contribution in [3.63, 3.8) is 0 Å². The lowest BCUT2D eigenvalue weighted by Gasteiger charge is -2.33. The van der Waals surface area contributed by atoms with E-state index in [4.69, 9.17) is 14.5 Å². The van der Waals surface area contributed by atoms with Gasteiger partial charge in [0.2, 0.25) is 5.13 Å². The van der Waals surface area contributed by atoms with Gasteiger partial charge in [-0.25, -0.2) is 4.98 Å². The van der Waals surface area contributed by atoms with E-state index in [1.807, 2.05) is 18.2 Å². The summed E-state index contributed by atoms with van der Waals surface area (Å²) in [5, 5.41) is 13.3.